The van der Waals surface area contributed by atoms with Crippen LogP contribution in [0.1, 0.15) is 22.8 Å². The van der Waals surface area contributed by atoms with Crippen molar-refractivity contribution < 1.29 is 18.7 Å². The molecule has 0 N–H and O–H groups in total. The molecular formula is C24H24FNO3. The van der Waals surface area contributed by atoms with Crippen molar-refractivity contribution >= 4 is 5.91 Å². The quantitative estimate of drug-likeness (QED) is 0.562. The molecule has 0 unspecified atom stereocenters. The molecule has 29 heavy (non-hydrogen) atoms. The summed E-state index contributed by atoms with van der Waals surface area (Å²) < 4.78 is 24.8. The van der Waals surface area contributed by atoms with E-state index in [1.807, 2.05) is 60.7 Å². The molecule has 0 aliphatic rings. The number of carbonyl (C=O) groups is 1. The van der Waals surface area contributed by atoms with E-state index in [1.54, 1.807) is 19.2 Å². The number of ether oxygens (including phenoxy) is 2. The second kappa shape index (κ2) is 9.85. The van der Waals surface area contributed by atoms with Gasteiger partial charge in [-0.3, -0.25) is 4.79 Å². The van der Waals surface area contributed by atoms with Gasteiger partial charge in [0.15, 0.2) is 11.6 Å². The van der Waals surface area contributed by atoms with Crippen molar-refractivity contribution in [2.75, 3.05) is 20.8 Å². The van der Waals surface area contributed by atoms with Gasteiger partial charge in [0.2, 0.25) is 5.91 Å². The monoisotopic (exact) mass is 393 g/mol. The average Bonchev–Trinajstić information content (AvgIpc) is 2.75. The summed E-state index contributed by atoms with van der Waals surface area (Å²) in [5.41, 5.74) is 2.64. The van der Waals surface area contributed by atoms with Gasteiger partial charge in [0.25, 0.3) is 0 Å². The predicted octanol–water partition coefficient (Wildman–Crippen LogP) is 4.60. The molecule has 0 radical (unpaired) electrons. The van der Waals surface area contributed by atoms with Crippen molar-refractivity contribution in [1.82, 2.24) is 4.90 Å². The van der Waals surface area contributed by atoms with Gasteiger partial charge in [0.05, 0.1) is 7.11 Å². The van der Waals surface area contributed by atoms with Crippen LogP contribution in [0.3, 0.4) is 0 Å². The summed E-state index contributed by atoms with van der Waals surface area (Å²) in [6.07, 6.45) is -0.340. The van der Waals surface area contributed by atoms with E-state index in [-0.39, 0.29) is 30.9 Å². The maximum Gasteiger partial charge on any atom is 0.248 e. The molecular weight excluding hydrogens is 369 g/mol. The minimum atomic E-state index is -0.449. The van der Waals surface area contributed by atoms with E-state index in [9.17, 15) is 9.18 Å². The normalized spacial score (nSPS) is 10.8. The van der Waals surface area contributed by atoms with Crippen molar-refractivity contribution in [2.24, 2.45) is 0 Å². The van der Waals surface area contributed by atoms with Crippen LogP contribution in [0.2, 0.25) is 0 Å². The Bertz CT molecular complexity index is 892. The SMILES string of the molecule is COc1ccc(CN(C)C(=O)COC(c2ccccc2)c2ccccc2)cc1F. The molecule has 4 nitrogen and oxygen atoms in total. The number of hydrogen-bond acceptors (Lipinski definition) is 3. The molecule has 5 heteroatoms. The number of methoxy groups -OCH3 is 1. The van der Waals surface area contributed by atoms with E-state index < -0.39 is 5.82 Å². The standard InChI is InChI=1S/C24H24FNO3/c1-26(16-18-13-14-22(28-2)21(25)15-18)23(27)17-29-24(19-9-5-3-6-10-19)20-11-7-4-8-12-20/h3-15,24H,16-17H2,1-2H3. The number of carbonyl (C=O) groups excluding carboxylic acids is 1. The predicted molar refractivity (Wildman–Crippen MR) is 110 cm³/mol. The second-order valence-electron chi connectivity index (χ2n) is 6.73. The van der Waals surface area contributed by atoms with Crippen molar-refractivity contribution in [3.63, 3.8) is 0 Å². The number of hydrogen-bond donors (Lipinski definition) is 0. The summed E-state index contributed by atoms with van der Waals surface area (Å²) in [4.78, 5) is 14.1. The van der Waals surface area contributed by atoms with Crippen LogP contribution < -0.4 is 4.74 Å². The third kappa shape index (κ3) is 5.42. The molecule has 0 bridgehead atoms. The Morgan fingerprint density at radius 2 is 1.55 bits per heavy atom. The molecule has 1 amide bonds. The lowest BCUT2D eigenvalue weighted by Gasteiger charge is -2.22. The fourth-order valence-corrected chi connectivity index (χ4v) is 3.08. The van der Waals surface area contributed by atoms with E-state index in [4.69, 9.17) is 9.47 Å². The Morgan fingerprint density at radius 1 is 0.966 bits per heavy atom. The van der Waals surface area contributed by atoms with Crippen LogP contribution in [0.15, 0.2) is 78.9 Å². The lowest BCUT2D eigenvalue weighted by molar-refractivity contribution is -0.136. The third-order valence-electron chi connectivity index (χ3n) is 4.64. The first-order chi connectivity index (χ1) is 14.1. The molecule has 0 atom stereocenters. The largest absolute Gasteiger partial charge is 0.494 e. The summed E-state index contributed by atoms with van der Waals surface area (Å²) in [5, 5.41) is 0. The topological polar surface area (TPSA) is 38.8 Å². The fourth-order valence-electron chi connectivity index (χ4n) is 3.08. The highest BCUT2D eigenvalue weighted by Gasteiger charge is 2.18. The van der Waals surface area contributed by atoms with Gasteiger partial charge in [0.1, 0.15) is 12.7 Å². The Morgan fingerprint density at radius 3 is 2.07 bits per heavy atom. The molecule has 3 aromatic rings. The minimum absolute atomic E-state index is 0.0798. The molecule has 150 valence electrons. The smallest absolute Gasteiger partial charge is 0.248 e. The van der Waals surface area contributed by atoms with Crippen LogP contribution in [0.25, 0.3) is 0 Å². The van der Waals surface area contributed by atoms with Gasteiger partial charge >= 0.3 is 0 Å². The number of amides is 1. The summed E-state index contributed by atoms with van der Waals surface area (Å²) in [7, 11) is 3.09. The highest BCUT2D eigenvalue weighted by atomic mass is 19.1. The molecule has 0 saturated heterocycles. The van der Waals surface area contributed by atoms with Gasteiger partial charge in [-0.1, -0.05) is 66.7 Å². The third-order valence-corrected chi connectivity index (χ3v) is 4.64. The first-order valence-corrected chi connectivity index (χ1v) is 9.36. The van der Waals surface area contributed by atoms with E-state index >= 15 is 0 Å². The van der Waals surface area contributed by atoms with Crippen LogP contribution >= 0.6 is 0 Å². The van der Waals surface area contributed by atoms with Crippen molar-refractivity contribution in [1.29, 1.82) is 0 Å². The van der Waals surface area contributed by atoms with Gasteiger partial charge in [-0.05, 0) is 28.8 Å². The van der Waals surface area contributed by atoms with Gasteiger partial charge in [0, 0.05) is 13.6 Å². The molecule has 0 fully saturated rings. The number of benzene rings is 3. The van der Waals surface area contributed by atoms with Crippen LogP contribution in [0.5, 0.6) is 5.75 Å². The van der Waals surface area contributed by atoms with E-state index in [0.717, 1.165) is 11.1 Å². The van der Waals surface area contributed by atoms with Crippen molar-refractivity contribution in [3.05, 3.63) is 101 Å². The second-order valence-corrected chi connectivity index (χ2v) is 6.73. The summed E-state index contributed by atoms with van der Waals surface area (Å²) in [6.45, 7) is 0.202. The maximum atomic E-state index is 13.9. The Hall–Kier alpha value is -3.18. The van der Waals surface area contributed by atoms with Gasteiger partial charge in [-0.15, -0.1) is 0 Å². The molecule has 0 aromatic heterocycles. The van der Waals surface area contributed by atoms with Gasteiger partial charge in [-0.25, -0.2) is 4.39 Å². The van der Waals surface area contributed by atoms with Crippen molar-refractivity contribution in [3.8, 4) is 5.75 Å². The molecule has 0 spiro atoms. The zero-order valence-corrected chi connectivity index (χ0v) is 16.5. The van der Waals surface area contributed by atoms with E-state index in [0.29, 0.717) is 5.56 Å². The molecule has 0 aliphatic carbocycles. The Kier molecular flexibility index (Phi) is 6.98. The summed E-state index contributed by atoms with van der Waals surface area (Å²) in [5.74, 6) is -0.451. The maximum absolute atomic E-state index is 13.9. The van der Waals surface area contributed by atoms with E-state index in [1.165, 1.54) is 18.1 Å². The van der Waals surface area contributed by atoms with Gasteiger partial charge in [-0.2, -0.15) is 0 Å². The highest BCUT2D eigenvalue weighted by Crippen LogP contribution is 2.26. The average molecular weight is 393 g/mol. The zero-order chi connectivity index (χ0) is 20.6. The summed E-state index contributed by atoms with van der Waals surface area (Å²) >= 11 is 0. The molecule has 3 aromatic carbocycles. The lowest BCUT2D eigenvalue weighted by atomic mass is 10.0. The summed E-state index contributed by atoms with van der Waals surface area (Å²) in [6, 6.07) is 24.2. The van der Waals surface area contributed by atoms with Gasteiger partial charge < -0.3 is 14.4 Å². The molecule has 0 saturated carbocycles. The van der Waals surface area contributed by atoms with Crippen LogP contribution in [0, 0.1) is 5.82 Å². The molecule has 3 rings (SSSR count). The Labute approximate surface area is 170 Å². The number of likely N-dealkylation sites (N-methyl/N-ethyl adjacent to an activating group) is 1. The molecule has 0 heterocycles. The zero-order valence-electron chi connectivity index (χ0n) is 16.5. The van der Waals surface area contributed by atoms with Crippen molar-refractivity contribution in [2.45, 2.75) is 12.6 Å². The van der Waals surface area contributed by atoms with Crippen LogP contribution in [0.4, 0.5) is 4.39 Å². The Balaban J connectivity index is 1.66. The lowest BCUT2D eigenvalue weighted by Crippen LogP contribution is -2.30. The van der Waals surface area contributed by atoms with E-state index in [2.05, 4.69) is 0 Å². The van der Waals surface area contributed by atoms with Crippen LogP contribution in [-0.4, -0.2) is 31.6 Å². The highest BCUT2D eigenvalue weighted by molar-refractivity contribution is 5.77. The molecule has 0 aliphatic heterocycles. The number of nitrogens with zero attached hydrogens (tertiary/aromatic N) is 1. The number of halogens is 1. The van der Waals surface area contributed by atoms with Crippen LogP contribution in [-0.2, 0) is 16.1 Å². The number of rotatable bonds is 8. The first-order valence-electron chi connectivity index (χ1n) is 9.36. The fraction of sp³-hybridized carbons (Fsp3) is 0.208. The first kappa shape index (κ1) is 20.6. The minimum Gasteiger partial charge on any atom is -0.494 e.